The number of benzene rings is 1. The summed E-state index contributed by atoms with van der Waals surface area (Å²) in [4.78, 5) is 64.7. The van der Waals surface area contributed by atoms with E-state index in [2.05, 4.69) is 31.2 Å². The molecule has 1 aliphatic heterocycles. The van der Waals surface area contributed by atoms with Crippen molar-refractivity contribution in [1.82, 2.24) is 50.2 Å². The fraction of sp³-hybridized carbons (Fsp3) is 0.371. The van der Waals surface area contributed by atoms with Gasteiger partial charge in [0.15, 0.2) is 17.3 Å². The molecule has 0 spiro atoms. The first-order valence-electron chi connectivity index (χ1n) is 16.6. The monoisotopic (exact) mass is 680 g/mol. The van der Waals surface area contributed by atoms with Crippen LogP contribution in [0.3, 0.4) is 0 Å². The van der Waals surface area contributed by atoms with E-state index in [1.807, 2.05) is 73.8 Å². The molecule has 0 aliphatic carbocycles. The summed E-state index contributed by atoms with van der Waals surface area (Å²) in [5, 5.41) is 17.2. The fourth-order valence-corrected chi connectivity index (χ4v) is 5.91. The SMILES string of the molecule is Cc1cccn2c(CC(=O)N3CCNC(=O)Cn4nc(-c5ccccc5)nc4[C@H](C)NC(=O)[C@@H](CC(C)C)NC(=O)c4cc(on4)C3)cnc12. The van der Waals surface area contributed by atoms with Crippen LogP contribution >= 0.6 is 0 Å². The molecule has 1 aliphatic rings. The lowest BCUT2D eigenvalue weighted by atomic mass is 10.0. The average Bonchev–Trinajstić information content (AvgIpc) is 3.83. The van der Waals surface area contributed by atoms with Crippen LogP contribution in [-0.4, -0.2) is 77.0 Å². The normalized spacial score (nSPS) is 17.9. The number of pyridine rings is 1. The minimum absolute atomic E-state index is 0.00810. The fourth-order valence-electron chi connectivity index (χ4n) is 5.91. The molecule has 0 radical (unpaired) electrons. The van der Waals surface area contributed by atoms with Crippen LogP contribution in [0.25, 0.3) is 17.0 Å². The van der Waals surface area contributed by atoms with E-state index < -0.39 is 23.9 Å². The van der Waals surface area contributed by atoms with E-state index in [0.29, 0.717) is 23.8 Å². The lowest BCUT2D eigenvalue weighted by molar-refractivity contribution is -0.132. The Morgan fingerprint density at radius 1 is 1.06 bits per heavy atom. The Morgan fingerprint density at radius 3 is 2.64 bits per heavy atom. The highest BCUT2D eigenvalue weighted by atomic mass is 16.5. The number of amides is 4. The molecule has 260 valence electrons. The van der Waals surface area contributed by atoms with E-state index in [1.165, 1.54) is 15.6 Å². The highest BCUT2D eigenvalue weighted by Gasteiger charge is 2.28. The summed E-state index contributed by atoms with van der Waals surface area (Å²) in [6.45, 7) is 7.67. The molecule has 1 aromatic carbocycles. The molecule has 4 amide bonds. The first-order chi connectivity index (χ1) is 24.0. The molecule has 0 saturated heterocycles. The van der Waals surface area contributed by atoms with Crippen molar-refractivity contribution in [3.05, 3.63) is 89.5 Å². The Labute approximate surface area is 288 Å². The van der Waals surface area contributed by atoms with Gasteiger partial charge in [-0.15, -0.1) is 0 Å². The molecule has 5 aromatic rings. The van der Waals surface area contributed by atoms with E-state index >= 15 is 0 Å². The number of aryl methyl sites for hydroxylation is 1. The molecular weight excluding hydrogens is 640 g/mol. The van der Waals surface area contributed by atoms with Gasteiger partial charge in [-0.3, -0.25) is 19.2 Å². The summed E-state index contributed by atoms with van der Waals surface area (Å²) in [5.41, 5.74) is 3.16. The Hall–Kier alpha value is -5.86. The van der Waals surface area contributed by atoms with Gasteiger partial charge in [0.1, 0.15) is 24.1 Å². The molecule has 4 aromatic heterocycles. The molecule has 15 heteroatoms. The van der Waals surface area contributed by atoms with Crippen LogP contribution in [0.5, 0.6) is 0 Å². The second-order valence-electron chi connectivity index (χ2n) is 12.9. The Morgan fingerprint density at radius 2 is 1.86 bits per heavy atom. The van der Waals surface area contributed by atoms with Gasteiger partial charge in [-0.05, 0) is 37.8 Å². The summed E-state index contributed by atoms with van der Waals surface area (Å²) < 4.78 is 8.82. The highest BCUT2D eigenvalue weighted by Crippen LogP contribution is 2.20. The standard InChI is InChI=1S/C35H40N10O5/c1-21(2)15-27-34(48)38-23(4)33-40-31(24-10-6-5-7-11-24)41-45(33)20-29(46)36-12-14-43(19-26-17-28(42-50-26)35(49)39-27)30(47)16-25-18-37-32-22(3)9-8-13-44(25)32/h5-11,13,17-18,21,23,27H,12,14-16,19-20H2,1-4H3,(H,36,46)(H,38,48)(H,39,49)/t23-,27+/m0/s1. The third-order valence-corrected chi connectivity index (χ3v) is 8.44. The van der Waals surface area contributed by atoms with E-state index in [9.17, 15) is 19.2 Å². The number of aromatic nitrogens is 6. The predicted octanol–water partition coefficient (Wildman–Crippen LogP) is 2.61. The van der Waals surface area contributed by atoms with Gasteiger partial charge in [-0.2, -0.15) is 5.10 Å². The van der Waals surface area contributed by atoms with Crippen LogP contribution in [0.4, 0.5) is 0 Å². The lowest BCUT2D eigenvalue weighted by Gasteiger charge is -2.23. The average molecular weight is 681 g/mol. The zero-order valence-electron chi connectivity index (χ0n) is 28.4. The van der Waals surface area contributed by atoms with Crippen LogP contribution in [0.1, 0.15) is 66.6 Å². The smallest absolute Gasteiger partial charge is 0.274 e. The number of fused-ring (bicyclic) bond motifs is 4. The van der Waals surface area contributed by atoms with Gasteiger partial charge in [-0.25, -0.2) is 14.6 Å². The first kappa shape index (κ1) is 34.0. The van der Waals surface area contributed by atoms with Crippen LogP contribution in [0, 0.1) is 12.8 Å². The number of nitrogens with zero attached hydrogens (tertiary/aromatic N) is 7. The molecule has 0 fully saturated rings. The zero-order chi connectivity index (χ0) is 35.4. The second kappa shape index (κ2) is 14.7. The minimum atomic E-state index is -0.899. The predicted molar refractivity (Wildman–Crippen MR) is 181 cm³/mol. The lowest BCUT2D eigenvalue weighted by Crippen LogP contribution is -2.48. The van der Waals surface area contributed by atoms with Gasteiger partial charge in [0.05, 0.1) is 24.7 Å². The molecule has 2 atom stereocenters. The topological polar surface area (TPSA) is 182 Å². The van der Waals surface area contributed by atoms with Gasteiger partial charge < -0.3 is 29.8 Å². The van der Waals surface area contributed by atoms with Crippen molar-refractivity contribution >= 4 is 29.3 Å². The van der Waals surface area contributed by atoms with Gasteiger partial charge in [-0.1, -0.05) is 55.4 Å². The maximum Gasteiger partial charge on any atom is 0.274 e. The molecule has 50 heavy (non-hydrogen) atoms. The third-order valence-electron chi connectivity index (χ3n) is 8.44. The van der Waals surface area contributed by atoms with Gasteiger partial charge in [0, 0.05) is 37.1 Å². The van der Waals surface area contributed by atoms with E-state index in [0.717, 1.165) is 16.8 Å². The summed E-state index contributed by atoms with van der Waals surface area (Å²) in [7, 11) is 0. The second-order valence-corrected chi connectivity index (χ2v) is 12.9. The van der Waals surface area contributed by atoms with Crippen LogP contribution < -0.4 is 16.0 Å². The molecule has 6 rings (SSSR count). The minimum Gasteiger partial charge on any atom is -0.359 e. The summed E-state index contributed by atoms with van der Waals surface area (Å²) in [6, 6.07) is 13.1. The van der Waals surface area contributed by atoms with Crippen LogP contribution in [0.2, 0.25) is 0 Å². The van der Waals surface area contributed by atoms with Crippen LogP contribution in [0.15, 0.2) is 65.4 Å². The van der Waals surface area contributed by atoms with Crippen molar-refractivity contribution in [3.8, 4) is 11.4 Å². The molecule has 5 heterocycles. The van der Waals surface area contributed by atoms with Crippen molar-refractivity contribution in [1.29, 1.82) is 0 Å². The van der Waals surface area contributed by atoms with Crippen molar-refractivity contribution < 1.29 is 23.7 Å². The quantitative estimate of drug-likeness (QED) is 0.251. The maximum absolute atomic E-state index is 13.8. The molecule has 0 unspecified atom stereocenters. The maximum atomic E-state index is 13.8. The molecular formula is C35H40N10O5. The number of hydrogen-bond acceptors (Lipinski definition) is 9. The summed E-state index contributed by atoms with van der Waals surface area (Å²) in [5.74, 6) is -0.512. The molecule has 0 saturated carbocycles. The Kier molecular flexibility index (Phi) is 10.0. The highest BCUT2D eigenvalue weighted by molar-refractivity contribution is 5.96. The van der Waals surface area contributed by atoms with Crippen LogP contribution in [-0.2, 0) is 33.9 Å². The van der Waals surface area contributed by atoms with E-state index in [-0.39, 0.29) is 61.8 Å². The molecule has 3 N–H and O–H groups in total. The largest absolute Gasteiger partial charge is 0.359 e. The number of carbonyl (C=O) groups is 4. The van der Waals surface area contributed by atoms with E-state index in [4.69, 9.17) is 9.51 Å². The number of rotatable bonds is 5. The number of nitrogens with one attached hydrogen (secondary N) is 3. The van der Waals surface area contributed by atoms with Crippen molar-refractivity contribution in [2.75, 3.05) is 13.1 Å². The molecule has 15 nitrogen and oxygen atoms in total. The zero-order valence-corrected chi connectivity index (χ0v) is 28.4. The van der Waals surface area contributed by atoms with Crippen molar-refractivity contribution in [2.45, 2.75) is 65.7 Å². The number of hydrogen-bond donors (Lipinski definition) is 3. The number of imidazole rings is 1. The van der Waals surface area contributed by atoms with Gasteiger partial charge in [0.25, 0.3) is 5.91 Å². The third kappa shape index (κ3) is 7.72. The van der Waals surface area contributed by atoms with Gasteiger partial charge in [0.2, 0.25) is 17.7 Å². The number of carbonyl (C=O) groups excluding carboxylic acids is 4. The van der Waals surface area contributed by atoms with E-state index in [1.54, 1.807) is 13.1 Å². The van der Waals surface area contributed by atoms with Crippen molar-refractivity contribution in [3.63, 3.8) is 0 Å². The first-order valence-corrected chi connectivity index (χ1v) is 16.6. The molecule has 2 bridgehead atoms. The van der Waals surface area contributed by atoms with Crippen molar-refractivity contribution in [2.24, 2.45) is 5.92 Å². The summed E-state index contributed by atoms with van der Waals surface area (Å²) >= 11 is 0. The Bertz CT molecular complexity index is 2010. The Balaban J connectivity index is 1.30. The van der Waals surface area contributed by atoms with Gasteiger partial charge >= 0.3 is 0 Å². The summed E-state index contributed by atoms with van der Waals surface area (Å²) in [6.07, 6.45) is 3.91.